The third kappa shape index (κ3) is 6.31. The van der Waals surface area contributed by atoms with Gasteiger partial charge in [-0.05, 0) is 52.3 Å². The van der Waals surface area contributed by atoms with Gasteiger partial charge in [-0.3, -0.25) is 4.79 Å². The number of phenolic OH excluding ortho intramolecular Hbond substituents is 1. The summed E-state index contributed by atoms with van der Waals surface area (Å²) in [5.41, 5.74) is 3.35. The van der Waals surface area contributed by atoms with E-state index in [-0.39, 0.29) is 29.0 Å². The Bertz CT molecular complexity index is 1250. The Morgan fingerprint density at radius 3 is 2.32 bits per heavy atom. The number of aromatic hydroxyl groups is 1. The predicted molar refractivity (Wildman–Crippen MR) is 161 cm³/mol. The van der Waals surface area contributed by atoms with Crippen molar-refractivity contribution in [1.82, 2.24) is 10.2 Å². The standard InChI is InChI=1S/C34H48N2O5/c1-20(2)23-12-9-10-13-24(23)29-28(35-19-21-18-22(33(3,4)5)15-16-25(21)37)27(34(6,7)8)30(32(39)40)36(29)31(38)26-14-11-17-41-26/h9-10,12-13,15-16,18,20,26-30,35,37H,11,14,17,19H2,1-8H3,(H,39,40)/t26-,27-,28-,29-,30-/m0/s1. The van der Waals surface area contributed by atoms with E-state index < -0.39 is 35.5 Å². The molecular weight excluding hydrogens is 516 g/mol. The van der Waals surface area contributed by atoms with Crippen molar-refractivity contribution in [3.63, 3.8) is 0 Å². The quantitative estimate of drug-likeness (QED) is 0.373. The lowest BCUT2D eigenvalue weighted by Gasteiger charge is -2.35. The second kappa shape index (κ2) is 11.8. The van der Waals surface area contributed by atoms with E-state index in [2.05, 4.69) is 46.0 Å². The fraction of sp³-hybridized carbons (Fsp3) is 0.588. The number of benzene rings is 2. The van der Waals surface area contributed by atoms with Crippen LogP contribution in [0.3, 0.4) is 0 Å². The summed E-state index contributed by atoms with van der Waals surface area (Å²) in [5.74, 6) is -1.31. The molecule has 2 aliphatic heterocycles. The first-order chi connectivity index (χ1) is 19.1. The van der Waals surface area contributed by atoms with Crippen molar-refractivity contribution in [2.24, 2.45) is 11.3 Å². The highest BCUT2D eigenvalue weighted by Gasteiger charge is 2.59. The molecule has 2 aromatic carbocycles. The van der Waals surface area contributed by atoms with Crippen LogP contribution in [0.15, 0.2) is 42.5 Å². The topological polar surface area (TPSA) is 99.1 Å². The van der Waals surface area contributed by atoms with Crippen LogP contribution in [0.4, 0.5) is 0 Å². The summed E-state index contributed by atoms with van der Waals surface area (Å²) < 4.78 is 5.83. The van der Waals surface area contributed by atoms with Crippen LogP contribution in [-0.2, 0) is 26.3 Å². The molecule has 4 rings (SSSR count). The van der Waals surface area contributed by atoms with Crippen LogP contribution in [-0.4, -0.2) is 51.8 Å². The maximum absolute atomic E-state index is 14.2. The van der Waals surface area contributed by atoms with E-state index >= 15 is 0 Å². The van der Waals surface area contributed by atoms with Crippen LogP contribution >= 0.6 is 0 Å². The summed E-state index contributed by atoms with van der Waals surface area (Å²) >= 11 is 0. The van der Waals surface area contributed by atoms with Gasteiger partial charge in [-0.25, -0.2) is 4.79 Å². The third-order valence-corrected chi connectivity index (χ3v) is 8.79. The summed E-state index contributed by atoms with van der Waals surface area (Å²) in [7, 11) is 0. The number of carbonyl (C=O) groups excluding carboxylic acids is 1. The Kier molecular flexibility index (Phi) is 8.91. The van der Waals surface area contributed by atoms with Crippen molar-refractivity contribution in [2.75, 3.05) is 6.61 Å². The third-order valence-electron chi connectivity index (χ3n) is 8.79. The average Bonchev–Trinajstić information content (AvgIpc) is 3.53. The summed E-state index contributed by atoms with van der Waals surface area (Å²) in [6.45, 7) is 17.6. The number of ether oxygens (including phenoxy) is 1. The summed E-state index contributed by atoms with van der Waals surface area (Å²) in [5, 5.41) is 25.2. The highest BCUT2D eigenvalue weighted by atomic mass is 16.5. The monoisotopic (exact) mass is 564 g/mol. The van der Waals surface area contributed by atoms with Crippen molar-refractivity contribution in [2.45, 2.75) is 110 Å². The molecule has 2 aliphatic rings. The van der Waals surface area contributed by atoms with Gasteiger partial charge in [-0.1, -0.05) is 91.8 Å². The first-order valence-electron chi connectivity index (χ1n) is 14.9. The summed E-state index contributed by atoms with van der Waals surface area (Å²) in [4.78, 5) is 28.9. The number of nitrogens with zero attached hydrogens (tertiary/aromatic N) is 1. The molecule has 2 aromatic rings. The van der Waals surface area contributed by atoms with Crippen LogP contribution < -0.4 is 5.32 Å². The zero-order chi connectivity index (χ0) is 30.3. The first-order valence-corrected chi connectivity index (χ1v) is 14.9. The maximum Gasteiger partial charge on any atom is 0.326 e. The van der Waals surface area contributed by atoms with Gasteiger partial charge < -0.3 is 25.2 Å². The van der Waals surface area contributed by atoms with Gasteiger partial charge >= 0.3 is 5.97 Å². The molecule has 3 N–H and O–H groups in total. The lowest BCUT2D eigenvalue weighted by Crippen LogP contribution is -2.50. The van der Waals surface area contributed by atoms with Crippen LogP contribution in [0.1, 0.15) is 102 Å². The van der Waals surface area contributed by atoms with Gasteiger partial charge in [0.2, 0.25) is 0 Å². The molecule has 41 heavy (non-hydrogen) atoms. The van der Waals surface area contributed by atoms with E-state index in [1.165, 1.54) is 0 Å². The average molecular weight is 565 g/mol. The van der Waals surface area contributed by atoms with Crippen molar-refractivity contribution >= 4 is 11.9 Å². The summed E-state index contributed by atoms with van der Waals surface area (Å²) in [6, 6.07) is 11.8. The maximum atomic E-state index is 14.2. The minimum absolute atomic E-state index is 0.0958. The number of hydrogen-bond acceptors (Lipinski definition) is 5. The van der Waals surface area contributed by atoms with Gasteiger partial charge in [0.15, 0.2) is 0 Å². The van der Waals surface area contributed by atoms with Crippen molar-refractivity contribution in [1.29, 1.82) is 0 Å². The zero-order valence-electron chi connectivity index (χ0n) is 25.9. The smallest absolute Gasteiger partial charge is 0.326 e. The first kappa shape index (κ1) is 31.0. The molecule has 2 fully saturated rings. The number of likely N-dealkylation sites (tertiary alicyclic amines) is 1. The largest absolute Gasteiger partial charge is 0.508 e. The molecule has 0 radical (unpaired) electrons. The van der Waals surface area contributed by atoms with E-state index in [9.17, 15) is 19.8 Å². The van der Waals surface area contributed by atoms with Gasteiger partial charge in [0.05, 0.1) is 6.04 Å². The number of rotatable bonds is 7. The Morgan fingerprint density at radius 1 is 1.07 bits per heavy atom. The highest BCUT2D eigenvalue weighted by molar-refractivity contribution is 5.88. The minimum atomic E-state index is -1.04. The Morgan fingerprint density at radius 2 is 1.76 bits per heavy atom. The van der Waals surface area contributed by atoms with Gasteiger partial charge in [0.25, 0.3) is 5.91 Å². The van der Waals surface area contributed by atoms with E-state index in [1.54, 1.807) is 11.0 Å². The molecule has 7 heteroatoms. The number of aliphatic carboxylic acids is 1. The van der Waals surface area contributed by atoms with Crippen LogP contribution in [0.2, 0.25) is 0 Å². The SMILES string of the molecule is CC(C)c1ccccc1[C@H]1[C@@H](NCc2cc(C(C)(C)C)ccc2O)[C@H](C(C)(C)C)[C@@H](C(=O)O)N1C(=O)[C@@H]1CCCO1. The Labute approximate surface area is 245 Å². The molecule has 5 atom stereocenters. The lowest BCUT2D eigenvalue weighted by molar-refractivity contribution is -0.156. The molecule has 7 nitrogen and oxygen atoms in total. The zero-order valence-corrected chi connectivity index (χ0v) is 25.9. The fourth-order valence-corrected chi connectivity index (χ4v) is 6.72. The molecule has 1 amide bonds. The van der Waals surface area contributed by atoms with Crippen LogP contribution in [0, 0.1) is 11.3 Å². The highest BCUT2D eigenvalue weighted by Crippen LogP contribution is 2.50. The van der Waals surface area contributed by atoms with Crippen molar-refractivity contribution < 1.29 is 24.5 Å². The second-order valence-corrected chi connectivity index (χ2v) is 14.2. The van der Waals surface area contributed by atoms with E-state index in [0.717, 1.165) is 28.7 Å². The van der Waals surface area contributed by atoms with Gasteiger partial charge in [0, 0.05) is 30.7 Å². The summed E-state index contributed by atoms with van der Waals surface area (Å²) in [6.07, 6.45) is 0.729. The fourth-order valence-electron chi connectivity index (χ4n) is 6.72. The predicted octanol–water partition coefficient (Wildman–Crippen LogP) is 6.15. The molecule has 2 heterocycles. The second-order valence-electron chi connectivity index (χ2n) is 14.2. The van der Waals surface area contributed by atoms with Crippen LogP contribution in [0.25, 0.3) is 0 Å². The van der Waals surface area contributed by atoms with Gasteiger partial charge in [-0.15, -0.1) is 0 Å². The molecule has 224 valence electrons. The van der Waals surface area contributed by atoms with Gasteiger partial charge in [-0.2, -0.15) is 0 Å². The normalized spacial score (nSPS) is 25.2. The number of amides is 1. The van der Waals surface area contributed by atoms with Crippen LogP contribution in [0.5, 0.6) is 5.75 Å². The molecule has 0 saturated carbocycles. The van der Waals surface area contributed by atoms with E-state index in [0.29, 0.717) is 19.6 Å². The molecule has 2 saturated heterocycles. The van der Waals surface area contributed by atoms with E-state index in [4.69, 9.17) is 4.74 Å². The number of hydrogen-bond donors (Lipinski definition) is 3. The molecule has 0 aliphatic carbocycles. The number of carboxylic acid groups (broad SMARTS) is 1. The van der Waals surface area contributed by atoms with Crippen molar-refractivity contribution in [3.8, 4) is 5.75 Å². The molecule has 0 bridgehead atoms. The number of phenols is 1. The lowest BCUT2D eigenvalue weighted by atomic mass is 9.72. The molecular formula is C34H48N2O5. The molecule has 0 spiro atoms. The Balaban J connectivity index is 1.88. The molecule has 0 unspecified atom stereocenters. The minimum Gasteiger partial charge on any atom is -0.508 e. The number of nitrogens with one attached hydrogen (secondary N) is 1. The molecule has 0 aromatic heterocycles. The van der Waals surface area contributed by atoms with Crippen molar-refractivity contribution in [3.05, 3.63) is 64.7 Å². The van der Waals surface area contributed by atoms with Gasteiger partial charge in [0.1, 0.15) is 17.9 Å². The number of carbonyl (C=O) groups is 2. The Hall–Kier alpha value is -2.90. The van der Waals surface area contributed by atoms with E-state index in [1.807, 2.05) is 51.1 Å². The number of carboxylic acids is 1.